The third-order valence-electron chi connectivity index (χ3n) is 5.45. The van der Waals surface area contributed by atoms with Gasteiger partial charge in [-0.25, -0.2) is 0 Å². The first kappa shape index (κ1) is 12.9. The van der Waals surface area contributed by atoms with E-state index in [0.717, 1.165) is 17.8 Å². The fourth-order valence-electron chi connectivity index (χ4n) is 5.20. The Morgan fingerprint density at radius 1 is 1.16 bits per heavy atom. The van der Waals surface area contributed by atoms with Crippen molar-refractivity contribution in [3.05, 3.63) is 0 Å². The Labute approximate surface area is 113 Å². The average Bonchev–Trinajstić information content (AvgIpc) is 2.25. The SMILES string of the molecule is C[C@H](NC(=O)CC12CC3CC(CC(C3)C1)C2)C(=O)O. The highest BCUT2D eigenvalue weighted by Crippen LogP contribution is 2.61. The molecule has 0 spiro atoms. The summed E-state index contributed by atoms with van der Waals surface area (Å²) in [4.78, 5) is 22.9. The zero-order chi connectivity index (χ0) is 13.6. The molecule has 2 N–H and O–H groups in total. The van der Waals surface area contributed by atoms with Crippen molar-refractivity contribution in [2.45, 2.75) is 57.9 Å². The lowest BCUT2D eigenvalue weighted by molar-refractivity contribution is -0.142. The van der Waals surface area contributed by atoms with Gasteiger partial charge in [-0.15, -0.1) is 0 Å². The number of carboxylic acid groups (broad SMARTS) is 1. The molecule has 4 heteroatoms. The van der Waals surface area contributed by atoms with Crippen molar-refractivity contribution in [3.8, 4) is 0 Å². The summed E-state index contributed by atoms with van der Waals surface area (Å²) in [6, 6.07) is -0.776. The monoisotopic (exact) mass is 265 g/mol. The molecule has 0 aromatic carbocycles. The number of rotatable bonds is 4. The second-order valence-corrected chi connectivity index (χ2v) is 7.22. The van der Waals surface area contributed by atoms with Crippen molar-refractivity contribution in [1.29, 1.82) is 0 Å². The van der Waals surface area contributed by atoms with Crippen LogP contribution in [0.25, 0.3) is 0 Å². The van der Waals surface area contributed by atoms with E-state index in [2.05, 4.69) is 5.32 Å². The second kappa shape index (κ2) is 4.50. The smallest absolute Gasteiger partial charge is 0.325 e. The van der Waals surface area contributed by atoms with Gasteiger partial charge in [0.05, 0.1) is 0 Å². The summed E-state index contributed by atoms with van der Waals surface area (Å²) in [5.41, 5.74) is 0.192. The van der Waals surface area contributed by atoms with Crippen LogP contribution in [0.5, 0.6) is 0 Å². The Hall–Kier alpha value is -1.06. The Kier molecular flexibility index (Phi) is 3.06. The molecular formula is C15H23NO3. The summed E-state index contributed by atoms with van der Waals surface area (Å²) in [5.74, 6) is 1.46. The first-order valence-electron chi connectivity index (χ1n) is 7.48. The molecule has 4 bridgehead atoms. The van der Waals surface area contributed by atoms with E-state index in [-0.39, 0.29) is 11.3 Å². The molecule has 4 nitrogen and oxygen atoms in total. The third kappa shape index (κ3) is 2.49. The van der Waals surface area contributed by atoms with Crippen molar-refractivity contribution in [3.63, 3.8) is 0 Å². The summed E-state index contributed by atoms with van der Waals surface area (Å²) < 4.78 is 0. The number of nitrogens with one attached hydrogen (secondary N) is 1. The van der Waals surface area contributed by atoms with Crippen LogP contribution in [0.15, 0.2) is 0 Å². The molecule has 0 saturated heterocycles. The van der Waals surface area contributed by atoms with Crippen molar-refractivity contribution < 1.29 is 14.7 Å². The van der Waals surface area contributed by atoms with Gasteiger partial charge in [-0.3, -0.25) is 9.59 Å². The number of aliphatic carboxylic acids is 1. The Bertz CT molecular complexity index is 369. The van der Waals surface area contributed by atoms with Gasteiger partial charge in [0.1, 0.15) is 6.04 Å². The van der Waals surface area contributed by atoms with Crippen molar-refractivity contribution >= 4 is 11.9 Å². The van der Waals surface area contributed by atoms with Crippen LogP contribution in [0.3, 0.4) is 0 Å². The number of carbonyl (C=O) groups excluding carboxylic acids is 1. The van der Waals surface area contributed by atoms with Crippen molar-refractivity contribution in [2.24, 2.45) is 23.2 Å². The fraction of sp³-hybridized carbons (Fsp3) is 0.867. The van der Waals surface area contributed by atoms with E-state index in [4.69, 9.17) is 5.11 Å². The van der Waals surface area contributed by atoms with Gasteiger partial charge >= 0.3 is 5.97 Å². The molecule has 4 fully saturated rings. The van der Waals surface area contributed by atoms with Gasteiger partial charge in [-0.05, 0) is 68.6 Å². The van der Waals surface area contributed by atoms with E-state index < -0.39 is 12.0 Å². The molecule has 0 heterocycles. The molecule has 4 aliphatic rings. The summed E-state index contributed by atoms with van der Waals surface area (Å²) >= 11 is 0. The minimum absolute atomic E-state index is 0.0724. The van der Waals surface area contributed by atoms with Gasteiger partial charge in [0.2, 0.25) is 5.91 Å². The lowest BCUT2D eigenvalue weighted by atomic mass is 9.49. The van der Waals surface area contributed by atoms with Gasteiger partial charge in [0.15, 0.2) is 0 Å². The average molecular weight is 265 g/mol. The third-order valence-corrected chi connectivity index (χ3v) is 5.45. The number of carbonyl (C=O) groups is 2. The van der Waals surface area contributed by atoms with E-state index in [0.29, 0.717) is 6.42 Å². The van der Waals surface area contributed by atoms with E-state index in [9.17, 15) is 9.59 Å². The van der Waals surface area contributed by atoms with Crippen LogP contribution >= 0.6 is 0 Å². The number of carboxylic acids is 1. The standard InChI is InChI=1S/C15H23NO3/c1-9(14(18)19)16-13(17)8-15-5-10-2-11(6-15)4-12(3-10)7-15/h9-12H,2-8H2,1H3,(H,16,17)(H,18,19)/t9-,10?,11?,12?,15?/m0/s1. The first-order chi connectivity index (χ1) is 8.96. The highest BCUT2D eigenvalue weighted by molar-refractivity contribution is 5.83. The maximum absolute atomic E-state index is 12.1. The van der Waals surface area contributed by atoms with Crippen LogP contribution in [-0.2, 0) is 9.59 Å². The van der Waals surface area contributed by atoms with Crippen molar-refractivity contribution in [1.82, 2.24) is 5.32 Å². The maximum atomic E-state index is 12.1. The summed E-state index contributed by atoms with van der Waals surface area (Å²) in [6.07, 6.45) is 8.20. The summed E-state index contributed by atoms with van der Waals surface area (Å²) in [5, 5.41) is 11.5. The topological polar surface area (TPSA) is 66.4 Å². The molecule has 4 rings (SSSR count). The van der Waals surface area contributed by atoms with Crippen LogP contribution in [0.1, 0.15) is 51.9 Å². The van der Waals surface area contributed by atoms with Gasteiger partial charge < -0.3 is 10.4 Å². The normalized spacial score (nSPS) is 41.0. The molecule has 1 atom stereocenters. The quantitative estimate of drug-likeness (QED) is 0.818. The Morgan fingerprint density at radius 3 is 2.05 bits per heavy atom. The highest BCUT2D eigenvalue weighted by Gasteiger charge is 2.51. The molecule has 0 radical (unpaired) electrons. The van der Waals surface area contributed by atoms with E-state index >= 15 is 0 Å². The van der Waals surface area contributed by atoms with E-state index in [1.54, 1.807) is 0 Å². The maximum Gasteiger partial charge on any atom is 0.325 e. The van der Waals surface area contributed by atoms with Crippen LogP contribution in [0.2, 0.25) is 0 Å². The minimum atomic E-state index is -0.959. The van der Waals surface area contributed by atoms with Gasteiger partial charge in [-0.1, -0.05) is 0 Å². The Morgan fingerprint density at radius 2 is 1.63 bits per heavy atom. The number of amides is 1. The minimum Gasteiger partial charge on any atom is -0.480 e. The molecule has 1 amide bonds. The predicted molar refractivity (Wildman–Crippen MR) is 70.5 cm³/mol. The number of hydrogen-bond donors (Lipinski definition) is 2. The molecule has 4 saturated carbocycles. The molecule has 0 aromatic heterocycles. The van der Waals surface area contributed by atoms with Gasteiger partial charge in [-0.2, -0.15) is 0 Å². The lowest BCUT2D eigenvalue weighted by Gasteiger charge is -2.56. The summed E-state index contributed by atoms with van der Waals surface area (Å²) in [6.45, 7) is 1.53. The fourth-order valence-corrected chi connectivity index (χ4v) is 5.20. The Balaban J connectivity index is 1.63. The summed E-state index contributed by atoms with van der Waals surface area (Å²) in [7, 11) is 0. The van der Waals surface area contributed by atoms with Crippen LogP contribution in [0, 0.1) is 23.2 Å². The molecule has 106 valence electrons. The van der Waals surface area contributed by atoms with E-state index in [1.807, 2.05) is 0 Å². The molecule has 4 aliphatic carbocycles. The van der Waals surface area contributed by atoms with Crippen LogP contribution < -0.4 is 5.32 Å². The highest BCUT2D eigenvalue weighted by atomic mass is 16.4. The van der Waals surface area contributed by atoms with Gasteiger partial charge in [0, 0.05) is 6.42 Å². The first-order valence-corrected chi connectivity index (χ1v) is 7.48. The lowest BCUT2D eigenvalue weighted by Crippen LogP contribution is -2.49. The second-order valence-electron chi connectivity index (χ2n) is 7.22. The zero-order valence-electron chi connectivity index (χ0n) is 11.5. The number of hydrogen-bond acceptors (Lipinski definition) is 2. The van der Waals surface area contributed by atoms with E-state index in [1.165, 1.54) is 45.4 Å². The molecule has 0 aliphatic heterocycles. The molecule has 0 aromatic rings. The zero-order valence-corrected chi connectivity index (χ0v) is 11.5. The molecule has 19 heavy (non-hydrogen) atoms. The molecule has 0 unspecified atom stereocenters. The predicted octanol–water partition coefficient (Wildman–Crippen LogP) is 2.18. The van der Waals surface area contributed by atoms with Crippen molar-refractivity contribution in [2.75, 3.05) is 0 Å². The van der Waals surface area contributed by atoms with Gasteiger partial charge in [0.25, 0.3) is 0 Å². The van der Waals surface area contributed by atoms with Crippen LogP contribution in [-0.4, -0.2) is 23.0 Å². The molecular weight excluding hydrogens is 242 g/mol. The largest absolute Gasteiger partial charge is 0.480 e. The van der Waals surface area contributed by atoms with Crippen LogP contribution in [0.4, 0.5) is 0 Å².